The van der Waals surface area contributed by atoms with Gasteiger partial charge in [0.2, 0.25) is 12.3 Å². The van der Waals surface area contributed by atoms with Gasteiger partial charge >= 0.3 is 0 Å². The first-order chi connectivity index (χ1) is 8.99. The molecule has 1 aromatic heterocycles. The zero-order valence-corrected chi connectivity index (χ0v) is 15.0. The van der Waals surface area contributed by atoms with Crippen molar-refractivity contribution < 1.29 is 26.3 Å². The lowest BCUT2D eigenvalue weighted by molar-refractivity contribution is -0.689. The number of halogens is 2. The number of benzene rings is 1. The lowest BCUT2D eigenvalue weighted by Crippen LogP contribution is -3.00. The number of ketones is 1. The van der Waals surface area contributed by atoms with Gasteiger partial charge in [-0.1, -0.05) is 34.1 Å². The lowest BCUT2D eigenvalue weighted by atomic mass is 10.1. The van der Waals surface area contributed by atoms with E-state index >= 15 is 0 Å². The van der Waals surface area contributed by atoms with E-state index in [1.54, 1.807) is 0 Å². The summed E-state index contributed by atoms with van der Waals surface area (Å²) in [7, 11) is 0. The Kier molecular flexibility index (Phi) is 6.08. The van der Waals surface area contributed by atoms with Crippen molar-refractivity contribution in [1.82, 2.24) is 0 Å². The van der Waals surface area contributed by atoms with E-state index in [1.807, 2.05) is 48.9 Å². The highest BCUT2D eigenvalue weighted by Gasteiger charge is 2.18. The second kappa shape index (κ2) is 7.14. The van der Waals surface area contributed by atoms with E-state index < -0.39 is 0 Å². The normalized spacial score (nSPS) is 10.0. The van der Waals surface area contributed by atoms with Crippen LogP contribution in [0.25, 0.3) is 0 Å². The summed E-state index contributed by atoms with van der Waals surface area (Å²) in [5, 5.41) is 0. The Bertz CT molecular complexity index is 638. The van der Waals surface area contributed by atoms with Gasteiger partial charge in [-0.2, -0.15) is 4.57 Å². The van der Waals surface area contributed by atoms with Gasteiger partial charge in [0, 0.05) is 28.1 Å². The van der Waals surface area contributed by atoms with Gasteiger partial charge in [0.15, 0.2) is 11.9 Å². The number of hydrogen-bond donors (Lipinski definition) is 0. The van der Waals surface area contributed by atoms with Crippen molar-refractivity contribution in [3.8, 4) is 0 Å². The number of hydrogen-bond acceptors (Lipinski definition) is 1. The number of carbonyl (C=O) groups excluding carboxylic acids is 1. The summed E-state index contributed by atoms with van der Waals surface area (Å²) in [5.41, 5.74) is 4.24. The molecule has 0 N–H and O–H groups in total. The molecule has 1 aromatic carbocycles. The molecule has 0 spiro atoms. The van der Waals surface area contributed by atoms with Crippen LogP contribution in [0.15, 0.2) is 41.0 Å². The van der Waals surface area contributed by atoms with Crippen LogP contribution in [0.5, 0.6) is 0 Å². The van der Waals surface area contributed by atoms with Gasteiger partial charge in [-0.25, -0.2) is 0 Å². The molecule has 4 heteroatoms. The summed E-state index contributed by atoms with van der Waals surface area (Å²) >= 11 is 3.43. The molecule has 2 nitrogen and oxygen atoms in total. The molecule has 0 amide bonds. The van der Waals surface area contributed by atoms with Gasteiger partial charge in [0.05, 0.1) is 0 Å². The molecule has 0 saturated carbocycles. The highest BCUT2D eigenvalue weighted by atomic mass is 79.9. The molecule has 2 aromatic rings. The van der Waals surface area contributed by atoms with Gasteiger partial charge in [-0.3, -0.25) is 4.79 Å². The van der Waals surface area contributed by atoms with E-state index in [0.29, 0.717) is 6.54 Å². The van der Waals surface area contributed by atoms with Gasteiger partial charge in [-0.15, -0.1) is 0 Å². The fourth-order valence-electron chi connectivity index (χ4n) is 2.14. The first-order valence-electron chi connectivity index (χ1n) is 6.24. The number of aryl methyl sites for hydroxylation is 2. The molecule has 0 aliphatic heterocycles. The van der Waals surface area contributed by atoms with Crippen LogP contribution in [0.1, 0.15) is 27.2 Å². The number of nitrogens with zero attached hydrogens (tertiary/aromatic N) is 1. The van der Waals surface area contributed by atoms with Crippen LogP contribution in [0.4, 0.5) is 0 Å². The third-order valence-corrected chi connectivity index (χ3v) is 3.98. The fourth-order valence-corrected chi connectivity index (χ4v) is 2.65. The SMILES string of the molecule is Cc1cc(C)c(C)[n+](CC(=O)c2ccccc2Br)c1.[Br-]. The molecular weight excluding hydrogens is 382 g/mol. The second-order valence-corrected chi connectivity index (χ2v) is 5.67. The Labute approximate surface area is 138 Å². The molecule has 0 atom stereocenters. The molecule has 2 rings (SSSR count). The maximum absolute atomic E-state index is 12.4. The molecule has 20 heavy (non-hydrogen) atoms. The summed E-state index contributed by atoms with van der Waals surface area (Å²) in [6.07, 6.45) is 2.02. The van der Waals surface area contributed by atoms with Gasteiger partial charge in [0.25, 0.3) is 0 Å². The monoisotopic (exact) mass is 397 g/mol. The summed E-state index contributed by atoms with van der Waals surface area (Å²) in [6.45, 7) is 6.53. The summed E-state index contributed by atoms with van der Waals surface area (Å²) in [6, 6.07) is 9.68. The Hall–Kier alpha value is -1.000. The summed E-state index contributed by atoms with van der Waals surface area (Å²) in [5.74, 6) is 0.116. The molecule has 0 aliphatic carbocycles. The molecule has 0 bridgehead atoms. The van der Waals surface area contributed by atoms with E-state index in [-0.39, 0.29) is 22.8 Å². The molecular formula is C16H17Br2NO. The lowest BCUT2D eigenvalue weighted by Gasteiger charge is -2.05. The van der Waals surface area contributed by atoms with Gasteiger partial charge in [-0.05, 0) is 26.0 Å². The van der Waals surface area contributed by atoms with E-state index in [1.165, 1.54) is 11.1 Å². The van der Waals surface area contributed by atoms with Crippen LogP contribution < -0.4 is 21.5 Å². The number of Topliss-reactive ketones (excluding diaryl/α,β-unsaturated/α-hetero) is 1. The minimum absolute atomic E-state index is 0. The maximum atomic E-state index is 12.4. The number of pyridine rings is 1. The van der Waals surface area contributed by atoms with Crippen molar-refractivity contribution in [2.45, 2.75) is 27.3 Å². The topological polar surface area (TPSA) is 20.9 Å². The smallest absolute Gasteiger partial charge is 0.228 e. The first-order valence-corrected chi connectivity index (χ1v) is 7.03. The van der Waals surface area contributed by atoms with Gasteiger partial charge in [0.1, 0.15) is 0 Å². The van der Waals surface area contributed by atoms with Crippen molar-refractivity contribution in [2.75, 3.05) is 0 Å². The van der Waals surface area contributed by atoms with Crippen LogP contribution in [0.2, 0.25) is 0 Å². The first kappa shape index (κ1) is 17.1. The van der Waals surface area contributed by atoms with Crippen LogP contribution in [0, 0.1) is 20.8 Å². The molecule has 0 saturated heterocycles. The Morgan fingerprint density at radius 3 is 2.50 bits per heavy atom. The number of aromatic nitrogens is 1. The minimum atomic E-state index is 0. The molecule has 106 valence electrons. The van der Waals surface area contributed by atoms with Gasteiger partial charge < -0.3 is 17.0 Å². The van der Waals surface area contributed by atoms with Crippen molar-refractivity contribution in [1.29, 1.82) is 0 Å². The fraction of sp³-hybridized carbons (Fsp3) is 0.250. The quantitative estimate of drug-likeness (QED) is 0.546. The average molecular weight is 399 g/mol. The molecule has 0 aliphatic rings. The van der Waals surface area contributed by atoms with Crippen LogP contribution >= 0.6 is 15.9 Å². The zero-order valence-electron chi connectivity index (χ0n) is 11.8. The van der Waals surface area contributed by atoms with E-state index in [9.17, 15) is 4.79 Å². The Morgan fingerprint density at radius 2 is 1.85 bits per heavy atom. The van der Waals surface area contributed by atoms with Crippen molar-refractivity contribution >= 4 is 21.7 Å². The highest BCUT2D eigenvalue weighted by molar-refractivity contribution is 9.10. The van der Waals surface area contributed by atoms with Crippen LogP contribution in [-0.4, -0.2) is 5.78 Å². The molecule has 1 heterocycles. The third kappa shape index (κ3) is 3.76. The van der Waals surface area contributed by atoms with Crippen LogP contribution in [0.3, 0.4) is 0 Å². The molecule has 0 fully saturated rings. The van der Waals surface area contributed by atoms with E-state index in [0.717, 1.165) is 15.7 Å². The molecule has 0 radical (unpaired) electrons. The van der Waals surface area contributed by atoms with Crippen molar-refractivity contribution in [2.24, 2.45) is 0 Å². The maximum Gasteiger partial charge on any atom is 0.228 e. The Morgan fingerprint density at radius 1 is 1.20 bits per heavy atom. The standard InChI is InChI=1S/C16H17BrNO.BrH/c1-11-8-12(2)13(3)18(9-11)10-16(19)14-6-4-5-7-15(14)17;/h4-9H,10H2,1-3H3;1H/q+1;/p-1. The average Bonchev–Trinajstić information content (AvgIpc) is 2.35. The largest absolute Gasteiger partial charge is 1.00 e. The Balaban J connectivity index is 0.00000200. The van der Waals surface area contributed by atoms with E-state index in [4.69, 9.17) is 0 Å². The second-order valence-electron chi connectivity index (χ2n) is 4.82. The number of carbonyl (C=O) groups is 1. The molecule has 0 unspecified atom stereocenters. The third-order valence-electron chi connectivity index (χ3n) is 3.29. The predicted molar refractivity (Wildman–Crippen MR) is 79.3 cm³/mol. The highest BCUT2D eigenvalue weighted by Crippen LogP contribution is 2.16. The summed E-state index contributed by atoms with van der Waals surface area (Å²) < 4.78 is 2.87. The summed E-state index contributed by atoms with van der Waals surface area (Å²) in [4.78, 5) is 12.4. The number of rotatable bonds is 3. The van der Waals surface area contributed by atoms with Crippen LogP contribution in [-0.2, 0) is 6.54 Å². The zero-order chi connectivity index (χ0) is 14.0. The van der Waals surface area contributed by atoms with E-state index in [2.05, 4.69) is 28.9 Å². The minimum Gasteiger partial charge on any atom is -1.00 e. The van der Waals surface area contributed by atoms with Crippen molar-refractivity contribution in [3.63, 3.8) is 0 Å². The predicted octanol–water partition coefficient (Wildman–Crippen LogP) is 0.549. The van der Waals surface area contributed by atoms with Crippen molar-refractivity contribution in [3.05, 3.63) is 63.4 Å².